The SMILES string of the molecule is O=C(Nc1cccnc1)Nc1c(F)cccc1C(=O)O. The zero-order chi connectivity index (χ0) is 14.5. The molecule has 102 valence electrons. The fourth-order valence-electron chi connectivity index (χ4n) is 1.54. The number of para-hydroxylation sites is 1. The van der Waals surface area contributed by atoms with Gasteiger partial charge >= 0.3 is 12.0 Å². The third-order valence-electron chi connectivity index (χ3n) is 2.40. The van der Waals surface area contributed by atoms with Crippen molar-refractivity contribution in [2.45, 2.75) is 0 Å². The maximum Gasteiger partial charge on any atom is 0.337 e. The van der Waals surface area contributed by atoms with Gasteiger partial charge in [0, 0.05) is 6.20 Å². The number of aromatic carboxylic acids is 1. The molecule has 0 spiro atoms. The third-order valence-corrected chi connectivity index (χ3v) is 2.40. The first-order valence-electron chi connectivity index (χ1n) is 5.58. The average molecular weight is 275 g/mol. The van der Waals surface area contributed by atoms with Gasteiger partial charge in [0.15, 0.2) is 0 Å². The molecule has 1 heterocycles. The molecule has 20 heavy (non-hydrogen) atoms. The minimum Gasteiger partial charge on any atom is -0.478 e. The Hall–Kier alpha value is -2.96. The van der Waals surface area contributed by atoms with Gasteiger partial charge in [-0.3, -0.25) is 4.98 Å². The Labute approximate surface area is 113 Å². The zero-order valence-corrected chi connectivity index (χ0v) is 10.1. The fourth-order valence-corrected chi connectivity index (χ4v) is 1.54. The molecule has 1 aromatic carbocycles. The summed E-state index contributed by atoms with van der Waals surface area (Å²) in [5, 5.41) is 13.5. The summed E-state index contributed by atoms with van der Waals surface area (Å²) >= 11 is 0. The second kappa shape index (κ2) is 5.79. The number of hydrogen-bond acceptors (Lipinski definition) is 3. The summed E-state index contributed by atoms with van der Waals surface area (Å²) in [5.74, 6) is -2.16. The van der Waals surface area contributed by atoms with Crippen molar-refractivity contribution in [3.05, 3.63) is 54.1 Å². The third kappa shape index (κ3) is 3.08. The van der Waals surface area contributed by atoms with Crippen LogP contribution in [0.3, 0.4) is 0 Å². The van der Waals surface area contributed by atoms with Crippen LogP contribution in [0.15, 0.2) is 42.7 Å². The summed E-state index contributed by atoms with van der Waals surface area (Å²) < 4.78 is 13.6. The summed E-state index contributed by atoms with van der Waals surface area (Å²) in [6.45, 7) is 0. The number of benzene rings is 1. The van der Waals surface area contributed by atoms with Gasteiger partial charge < -0.3 is 15.7 Å². The lowest BCUT2D eigenvalue weighted by Crippen LogP contribution is -2.22. The normalized spacial score (nSPS) is 9.85. The van der Waals surface area contributed by atoms with Crippen LogP contribution in [0.25, 0.3) is 0 Å². The highest BCUT2D eigenvalue weighted by atomic mass is 19.1. The Bertz CT molecular complexity index is 647. The smallest absolute Gasteiger partial charge is 0.337 e. The van der Waals surface area contributed by atoms with Crippen molar-refractivity contribution in [3.8, 4) is 0 Å². The number of urea groups is 1. The van der Waals surface area contributed by atoms with Crippen LogP contribution in [0.2, 0.25) is 0 Å². The largest absolute Gasteiger partial charge is 0.478 e. The second-order valence-corrected chi connectivity index (χ2v) is 3.79. The summed E-state index contributed by atoms with van der Waals surface area (Å²) in [7, 11) is 0. The maximum atomic E-state index is 13.6. The van der Waals surface area contributed by atoms with Crippen molar-refractivity contribution >= 4 is 23.4 Å². The quantitative estimate of drug-likeness (QED) is 0.802. The molecule has 0 fully saturated rings. The molecule has 0 aliphatic carbocycles. The molecule has 2 aromatic rings. The molecule has 0 bridgehead atoms. The van der Waals surface area contributed by atoms with Gasteiger partial charge in [-0.05, 0) is 24.3 Å². The number of hydrogen-bond donors (Lipinski definition) is 3. The molecule has 0 aliphatic rings. The first-order valence-corrected chi connectivity index (χ1v) is 5.58. The van der Waals surface area contributed by atoms with E-state index in [1.54, 1.807) is 12.1 Å². The standard InChI is InChI=1S/C13H10FN3O3/c14-10-5-1-4-9(12(18)19)11(10)17-13(20)16-8-3-2-6-15-7-8/h1-7H,(H,18,19)(H2,16,17,20). The van der Waals surface area contributed by atoms with Crippen LogP contribution < -0.4 is 10.6 Å². The van der Waals surface area contributed by atoms with Gasteiger partial charge in [-0.25, -0.2) is 14.0 Å². The van der Waals surface area contributed by atoms with Crippen LogP contribution in [0.4, 0.5) is 20.6 Å². The van der Waals surface area contributed by atoms with E-state index in [-0.39, 0.29) is 11.3 Å². The number of carboxylic acids is 1. The van der Waals surface area contributed by atoms with Crippen LogP contribution in [0.1, 0.15) is 10.4 Å². The molecule has 0 aliphatic heterocycles. The number of rotatable bonds is 3. The Morgan fingerprint density at radius 2 is 1.95 bits per heavy atom. The summed E-state index contributed by atoms with van der Waals surface area (Å²) in [4.78, 5) is 26.5. The van der Waals surface area contributed by atoms with Crippen LogP contribution in [0, 0.1) is 5.82 Å². The highest BCUT2D eigenvalue weighted by molar-refractivity contribution is 6.04. The molecule has 1 aromatic heterocycles. The summed E-state index contributed by atoms with van der Waals surface area (Å²) in [6, 6.07) is 5.96. The lowest BCUT2D eigenvalue weighted by atomic mass is 10.1. The number of aromatic nitrogens is 1. The Morgan fingerprint density at radius 3 is 2.60 bits per heavy atom. The van der Waals surface area contributed by atoms with E-state index in [9.17, 15) is 14.0 Å². The first-order chi connectivity index (χ1) is 9.58. The molecule has 0 unspecified atom stereocenters. The van der Waals surface area contributed by atoms with Crippen LogP contribution >= 0.6 is 0 Å². The van der Waals surface area contributed by atoms with Crippen molar-refractivity contribution < 1.29 is 19.1 Å². The molecule has 3 N–H and O–H groups in total. The van der Waals surface area contributed by atoms with Crippen LogP contribution in [0.5, 0.6) is 0 Å². The number of carbonyl (C=O) groups excluding carboxylic acids is 1. The van der Waals surface area contributed by atoms with Crippen molar-refractivity contribution in [1.82, 2.24) is 4.98 Å². The van der Waals surface area contributed by atoms with Crippen molar-refractivity contribution in [2.75, 3.05) is 10.6 Å². The average Bonchev–Trinajstić information content (AvgIpc) is 2.42. The van der Waals surface area contributed by atoms with Crippen molar-refractivity contribution in [3.63, 3.8) is 0 Å². The number of nitrogens with zero attached hydrogens (tertiary/aromatic N) is 1. The summed E-state index contributed by atoms with van der Waals surface area (Å²) in [6.07, 6.45) is 2.93. The fraction of sp³-hybridized carbons (Fsp3) is 0. The Balaban J connectivity index is 2.18. The first kappa shape index (κ1) is 13.5. The number of carbonyl (C=O) groups is 2. The molecule has 2 rings (SSSR count). The van der Waals surface area contributed by atoms with Gasteiger partial charge in [-0.1, -0.05) is 6.07 Å². The minimum atomic E-state index is -1.33. The van der Waals surface area contributed by atoms with Crippen molar-refractivity contribution in [1.29, 1.82) is 0 Å². The molecule has 0 saturated carbocycles. The lowest BCUT2D eigenvalue weighted by Gasteiger charge is -2.10. The molecule has 6 nitrogen and oxygen atoms in total. The van der Waals surface area contributed by atoms with Crippen molar-refractivity contribution in [2.24, 2.45) is 0 Å². The maximum absolute atomic E-state index is 13.6. The molecule has 0 saturated heterocycles. The van der Waals surface area contributed by atoms with E-state index in [1.807, 2.05) is 0 Å². The lowest BCUT2D eigenvalue weighted by molar-refractivity contribution is 0.0697. The highest BCUT2D eigenvalue weighted by Gasteiger charge is 2.16. The topological polar surface area (TPSA) is 91.3 Å². The van der Waals surface area contributed by atoms with E-state index in [0.29, 0.717) is 5.69 Å². The molecule has 2 amide bonds. The number of pyridine rings is 1. The van der Waals surface area contributed by atoms with Gasteiger partial charge in [-0.2, -0.15) is 0 Å². The number of anilines is 2. The number of amides is 2. The number of halogens is 1. The number of carboxylic acid groups (broad SMARTS) is 1. The minimum absolute atomic E-state index is 0.327. The van der Waals surface area contributed by atoms with Crippen LogP contribution in [-0.2, 0) is 0 Å². The summed E-state index contributed by atoms with van der Waals surface area (Å²) in [5.41, 5.74) is -0.314. The second-order valence-electron chi connectivity index (χ2n) is 3.79. The zero-order valence-electron chi connectivity index (χ0n) is 10.1. The van der Waals surface area contributed by atoms with E-state index >= 15 is 0 Å². The molecule has 0 atom stereocenters. The van der Waals surface area contributed by atoms with E-state index in [0.717, 1.165) is 6.07 Å². The predicted molar refractivity (Wildman–Crippen MR) is 70.2 cm³/mol. The van der Waals surface area contributed by atoms with Gasteiger partial charge in [0.1, 0.15) is 5.82 Å². The Kier molecular flexibility index (Phi) is 3.90. The van der Waals surface area contributed by atoms with Gasteiger partial charge in [-0.15, -0.1) is 0 Å². The molecule has 0 radical (unpaired) electrons. The van der Waals surface area contributed by atoms with Gasteiger partial charge in [0.05, 0.1) is 23.1 Å². The number of nitrogens with one attached hydrogen (secondary N) is 2. The van der Waals surface area contributed by atoms with E-state index in [4.69, 9.17) is 5.11 Å². The molecular weight excluding hydrogens is 265 g/mol. The van der Waals surface area contributed by atoms with Gasteiger partial charge in [0.2, 0.25) is 0 Å². The van der Waals surface area contributed by atoms with E-state index < -0.39 is 17.8 Å². The molecule has 7 heteroatoms. The van der Waals surface area contributed by atoms with Crippen LogP contribution in [-0.4, -0.2) is 22.1 Å². The predicted octanol–water partition coefficient (Wildman–Crippen LogP) is 2.56. The van der Waals surface area contributed by atoms with E-state index in [2.05, 4.69) is 15.6 Å². The monoisotopic (exact) mass is 275 g/mol. The van der Waals surface area contributed by atoms with Gasteiger partial charge in [0.25, 0.3) is 0 Å². The highest BCUT2D eigenvalue weighted by Crippen LogP contribution is 2.20. The Morgan fingerprint density at radius 1 is 1.15 bits per heavy atom. The van der Waals surface area contributed by atoms with E-state index in [1.165, 1.54) is 24.5 Å². The molecular formula is C13H10FN3O3.